The lowest BCUT2D eigenvalue weighted by molar-refractivity contribution is 0.0600. The summed E-state index contributed by atoms with van der Waals surface area (Å²) in [5, 5.41) is 13.5. The molecule has 0 aliphatic carbocycles. The minimum atomic E-state index is -0.446. The lowest BCUT2D eigenvalue weighted by atomic mass is 10.1. The largest absolute Gasteiger partial charge is 0.465 e. The maximum Gasteiger partial charge on any atom is 0.341 e. The molecule has 1 aliphatic rings. The Balaban J connectivity index is 2.01. The van der Waals surface area contributed by atoms with Crippen LogP contribution in [0.2, 0.25) is 0 Å². The normalized spacial score (nSPS) is 15.0. The lowest BCUT2D eigenvalue weighted by Gasteiger charge is -2.29. The number of pyridine rings is 1. The van der Waals surface area contributed by atoms with Gasteiger partial charge >= 0.3 is 5.97 Å². The minimum absolute atomic E-state index is 0.383. The Morgan fingerprint density at radius 2 is 2.24 bits per heavy atom. The first kappa shape index (κ1) is 13.4. The first-order valence-electron chi connectivity index (χ1n) is 6.44. The molecule has 1 saturated heterocycles. The Morgan fingerprint density at radius 3 is 2.90 bits per heavy atom. The van der Waals surface area contributed by atoms with Crippen LogP contribution in [0.15, 0.2) is 12.3 Å². The number of anilines is 1. The second kappa shape index (κ2) is 5.83. The summed E-state index contributed by atoms with van der Waals surface area (Å²) in [6.45, 7) is 2.58. The zero-order valence-corrected chi connectivity index (χ0v) is 11.4. The van der Waals surface area contributed by atoms with Gasteiger partial charge in [-0.3, -0.25) is 0 Å². The first-order valence-corrected chi connectivity index (χ1v) is 6.44. The van der Waals surface area contributed by atoms with Crippen LogP contribution in [0.5, 0.6) is 0 Å². The van der Waals surface area contributed by atoms with Crippen molar-refractivity contribution in [1.82, 2.24) is 25.6 Å². The highest BCUT2D eigenvalue weighted by Crippen LogP contribution is 2.24. The molecule has 2 aromatic rings. The predicted molar refractivity (Wildman–Crippen MR) is 71.8 cm³/mol. The van der Waals surface area contributed by atoms with E-state index in [4.69, 9.17) is 9.47 Å². The van der Waals surface area contributed by atoms with Crippen molar-refractivity contribution in [3.8, 4) is 11.4 Å². The predicted octanol–water partition coefficient (Wildman–Crippen LogP) is -0.115. The number of carbonyl (C=O) groups excluding carboxylic acids is 1. The minimum Gasteiger partial charge on any atom is -0.465 e. The molecule has 3 heterocycles. The number of H-pyrrole nitrogens is 1. The number of ether oxygens (including phenoxy) is 2. The molecule has 1 fully saturated rings. The summed E-state index contributed by atoms with van der Waals surface area (Å²) in [5.41, 5.74) is 1.01. The third-order valence-corrected chi connectivity index (χ3v) is 3.20. The fourth-order valence-corrected chi connectivity index (χ4v) is 2.16. The topological polar surface area (TPSA) is 106 Å². The van der Waals surface area contributed by atoms with Gasteiger partial charge in [-0.2, -0.15) is 0 Å². The Kier molecular flexibility index (Phi) is 3.73. The molecule has 0 atom stereocenters. The van der Waals surface area contributed by atoms with Crippen molar-refractivity contribution < 1.29 is 14.3 Å². The van der Waals surface area contributed by atoms with Gasteiger partial charge in [0.15, 0.2) is 5.82 Å². The summed E-state index contributed by atoms with van der Waals surface area (Å²) in [4.78, 5) is 18.4. The number of aromatic amines is 1. The molecule has 0 aromatic carbocycles. The molecular weight excluding hydrogens is 276 g/mol. The maximum absolute atomic E-state index is 12.0. The number of carbonyl (C=O) groups is 1. The van der Waals surface area contributed by atoms with Crippen LogP contribution in [-0.4, -0.2) is 65.0 Å². The molecule has 3 rings (SSSR count). The molecule has 0 amide bonds. The van der Waals surface area contributed by atoms with E-state index in [-0.39, 0.29) is 0 Å². The van der Waals surface area contributed by atoms with Crippen LogP contribution in [0.1, 0.15) is 10.4 Å². The molecule has 0 unspecified atom stereocenters. The molecule has 0 bridgehead atoms. The highest BCUT2D eigenvalue weighted by atomic mass is 16.5. The Labute approximate surface area is 120 Å². The second-order valence-corrected chi connectivity index (χ2v) is 4.44. The molecule has 9 nitrogen and oxygen atoms in total. The van der Waals surface area contributed by atoms with Gasteiger partial charge in [0.05, 0.1) is 20.3 Å². The van der Waals surface area contributed by atoms with E-state index in [2.05, 4.69) is 25.6 Å². The van der Waals surface area contributed by atoms with E-state index in [1.165, 1.54) is 7.11 Å². The van der Waals surface area contributed by atoms with E-state index < -0.39 is 5.97 Å². The summed E-state index contributed by atoms with van der Waals surface area (Å²) < 4.78 is 10.2. The number of hydrogen-bond acceptors (Lipinski definition) is 8. The molecule has 0 radical (unpaired) electrons. The molecular formula is C12H14N6O3. The van der Waals surface area contributed by atoms with Crippen molar-refractivity contribution in [1.29, 1.82) is 0 Å². The van der Waals surface area contributed by atoms with Gasteiger partial charge in [-0.1, -0.05) is 0 Å². The standard InChI is InChI=1S/C12H14N6O3/c1-20-12(19)9-6-8(10-14-16-17-15-10)7-13-11(9)18-2-4-21-5-3-18/h6-7H,2-5H2,1H3,(H,14,15,16,17). The van der Waals surface area contributed by atoms with Gasteiger partial charge in [-0.05, 0) is 16.5 Å². The monoisotopic (exact) mass is 290 g/mol. The third-order valence-electron chi connectivity index (χ3n) is 3.20. The molecule has 110 valence electrons. The van der Waals surface area contributed by atoms with Gasteiger partial charge < -0.3 is 14.4 Å². The molecule has 0 saturated carbocycles. The number of aromatic nitrogens is 5. The van der Waals surface area contributed by atoms with E-state index in [1.807, 2.05) is 4.90 Å². The summed E-state index contributed by atoms with van der Waals surface area (Å²) in [7, 11) is 1.34. The molecule has 2 aromatic heterocycles. The van der Waals surface area contributed by atoms with E-state index in [9.17, 15) is 4.79 Å². The Bertz CT molecular complexity index is 624. The van der Waals surface area contributed by atoms with Gasteiger partial charge in [-0.25, -0.2) is 14.9 Å². The van der Waals surface area contributed by atoms with Crippen LogP contribution in [0.4, 0.5) is 5.82 Å². The molecule has 1 aliphatic heterocycles. The van der Waals surface area contributed by atoms with Crippen LogP contribution in [0.25, 0.3) is 11.4 Å². The number of nitrogens with zero attached hydrogens (tertiary/aromatic N) is 5. The highest BCUT2D eigenvalue weighted by molar-refractivity contribution is 5.96. The maximum atomic E-state index is 12.0. The first-order chi connectivity index (χ1) is 10.3. The van der Waals surface area contributed by atoms with Gasteiger partial charge in [0, 0.05) is 24.8 Å². The quantitative estimate of drug-likeness (QED) is 0.780. The number of hydrogen-bond donors (Lipinski definition) is 1. The van der Waals surface area contributed by atoms with Crippen LogP contribution < -0.4 is 4.90 Å². The van der Waals surface area contributed by atoms with E-state index >= 15 is 0 Å². The SMILES string of the molecule is COC(=O)c1cc(-c2nnn[nH]2)cnc1N1CCOCC1. The average molecular weight is 290 g/mol. The second-order valence-electron chi connectivity index (χ2n) is 4.44. The van der Waals surface area contributed by atoms with Crippen molar-refractivity contribution >= 4 is 11.8 Å². The fraction of sp³-hybridized carbons (Fsp3) is 0.417. The molecule has 1 N–H and O–H groups in total. The van der Waals surface area contributed by atoms with Gasteiger partial charge in [-0.15, -0.1) is 5.10 Å². The Morgan fingerprint density at radius 1 is 1.43 bits per heavy atom. The Hall–Kier alpha value is -2.55. The van der Waals surface area contributed by atoms with Crippen LogP contribution in [-0.2, 0) is 9.47 Å². The zero-order chi connectivity index (χ0) is 14.7. The smallest absolute Gasteiger partial charge is 0.341 e. The number of rotatable bonds is 3. The van der Waals surface area contributed by atoms with Gasteiger partial charge in [0.25, 0.3) is 0 Å². The number of esters is 1. The van der Waals surface area contributed by atoms with Crippen LogP contribution >= 0.6 is 0 Å². The van der Waals surface area contributed by atoms with Crippen molar-refractivity contribution in [2.75, 3.05) is 38.3 Å². The van der Waals surface area contributed by atoms with Gasteiger partial charge in [0.1, 0.15) is 11.4 Å². The number of methoxy groups -OCH3 is 1. The lowest BCUT2D eigenvalue weighted by Crippen LogP contribution is -2.37. The summed E-state index contributed by atoms with van der Waals surface area (Å²) >= 11 is 0. The summed E-state index contributed by atoms with van der Waals surface area (Å²) in [5.74, 6) is 0.584. The van der Waals surface area contributed by atoms with E-state index in [0.29, 0.717) is 49.1 Å². The van der Waals surface area contributed by atoms with Gasteiger partial charge in [0.2, 0.25) is 0 Å². The van der Waals surface area contributed by atoms with Crippen LogP contribution in [0, 0.1) is 0 Å². The molecule has 0 spiro atoms. The summed E-state index contributed by atoms with van der Waals surface area (Å²) in [6, 6.07) is 1.67. The number of morpholine rings is 1. The van der Waals surface area contributed by atoms with E-state index in [0.717, 1.165) is 0 Å². The van der Waals surface area contributed by atoms with Crippen LogP contribution in [0.3, 0.4) is 0 Å². The highest BCUT2D eigenvalue weighted by Gasteiger charge is 2.22. The average Bonchev–Trinajstić information content (AvgIpc) is 3.09. The van der Waals surface area contributed by atoms with Crippen molar-refractivity contribution in [2.45, 2.75) is 0 Å². The molecule has 9 heteroatoms. The summed E-state index contributed by atoms with van der Waals surface area (Å²) in [6.07, 6.45) is 1.62. The van der Waals surface area contributed by atoms with Crippen molar-refractivity contribution in [2.24, 2.45) is 0 Å². The zero-order valence-electron chi connectivity index (χ0n) is 11.4. The third kappa shape index (κ3) is 2.68. The van der Waals surface area contributed by atoms with E-state index in [1.54, 1.807) is 12.3 Å². The fourth-order valence-electron chi connectivity index (χ4n) is 2.16. The van der Waals surface area contributed by atoms with Crippen molar-refractivity contribution in [3.63, 3.8) is 0 Å². The number of nitrogens with one attached hydrogen (secondary N) is 1. The number of tetrazole rings is 1. The molecule has 21 heavy (non-hydrogen) atoms. The van der Waals surface area contributed by atoms with Crippen molar-refractivity contribution in [3.05, 3.63) is 17.8 Å².